The molecule has 1 aliphatic rings. The van der Waals surface area contributed by atoms with Crippen molar-refractivity contribution in [3.63, 3.8) is 0 Å². The molecule has 6 N–H and O–H groups in total. The number of amides is 11. The average molecular weight is 1200 g/mol. The highest BCUT2D eigenvalue weighted by molar-refractivity contribution is 5.99. The van der Waals surface area contributed by atoms with Crippen LogP contribution in [-0.2, 0) is 57.5 Å². The molecule has 0 bridgehead atoms. The van der Waals surface area contributed by atoms with Crippen LogP contribution >= 0.6 is 0 Å². The van der Waals surface area contributed by atoms with Crippen LogP contribution < -0.4 is 26.6 Å². The summed E-state index contributed by atoms with van der Waals surface area (Å²) in [6.07, 6.45) is 2.76. The van der Waals surface area contributed by atoms with Crippen LogP contribution in [0.2, 0.25) is 0 Å². The van der Waals surface area contributed by atoms with Crippen molar-refractivity contribution in [2.75, 3.05) is 62.5 Å². The molecule has 1 rings (SSSR count). The molecule has 0 aliphatic carbocycles. The Balaban J connectivity index is 4.29. The zero-order valence-electron chi connectivity index (χ0n) is 55.5. The first-order chi connectivity index (χ1) is 39.3. The Hall–Kier alpha value is -6.17. The Morgan fingerprint density at radius 1 is 0.518 bits per heavy atom. The van der Waals surface area contributed by atoms with Crippen LogP contribution in [0.4, 0.5) is 0 Å². The molecule has 0 aromatic carbocycles. The van der Waals surface area contributed by atoms with E-state index in [0.29, 0.717) is 6.42 Å². The number of ether oxygens (including phenoxy) is 1. The van der Waals surface area contributed by atoms with Gasteiger partial charge >= 0.3 is 0 Å². The summed E-state index contributed by atoms with van der Waals surface area (Å²) in [6.45, 7) is 27.0. The van der Waals surface area contributed by atoms with Gasteiger partial charge in [0.05, 0.1) is 19.3 Å². The number of aliphatic hydroxyl groups is 1. The summed E-state index contributed by atoms with van der Waals surface area (Å²) in [5, 5.41) is 25.5. The Morgan fingerprint density at radius 3 is 1.45 bits per heavy atom. The second-order valence-corrected chi connectivity index (χ2v) is 25.4. The van der Waals surface area contributed by atoms with Gasteiger partial charge in [-0.25, -0.2) is 0 Å². The van der Waals surface area contributed by atoms with E-state index in [4.69, 9.17) is 4.74 Å². The monoisotopic (exact) mass is 1200 g/mol. The highest BCUT2D eigenvalue weighted by Gasteiger charge is 2.44. The van der Waals surface area contributed by atoms with Crippen LogP contribution in [0.3, 0.4) is 0 Å². The number of allylic oxidation sites excluding steroid dienone is 2. The number of methoxy groups -OCH3 is 1. The Kier molecular flexibility index (Phi) is 32.1. The van der Waals surface area contributed by atoms with E-state index in [-0.39, 0.29) is 50.0 Å². The molecule has 0 spiro atoms. The lowest BCUT2D eigenvalue weighted by Gasteiger charge is -2.40. The second kappa shape index (κ2) is 35.5. The average Bonchev–Trinajstić information content (AvgIpc) is 3.22. The first-order valence-electron chi connectivity index (χ1n) is 30.2. The van der Waals surface area contributed by atoms with E-state index in [9.17, 15) is 53.1 Å². The first kappa shape index (κ1) is 76.8. The normalized spacial score (nSPS) is 27.1. The lowest BCUT2D eigenvalue weighted by molar-refractivity contribution is -0.154. The SMILES string of the molecule is C/C=C/C[C@@H](C)[C@@H](O)[C@@H]1NC(=O)[C@H](C(C)C)N(C)C(=O)[C@H](CC(C)C)N(C)C(=O)[C@H](CC(C)C)N(C)C(=O)[C@@H](C)NC(=O)[C@H](C)NC(=O)[C@H](CC(C)C)N(C)C(=O)[C@H](C(C)C)NC(=O)[C@H]([C@H](C)COC)N(C)C(=O)CN(C)C(=O)[C@H](CC)NC1=O. The molecule has 1 fully saturated rings. The highest BCUT2D eigenvalue weighted by Crippen LogP contribution is 2.24. The van der Waals surface area contributed by atoms with Gasteiger partial charge in [-0.3, -0.25) is 52.7 Å². The molecule has 1 saturated heterocycles. The van der Waals surface area contributed by atoms with Crippen LogP contribution in [0.1, 0.15) is 143 Å². The topological polar surface area (TPSA) is 297 Å². The predicted molar refractivity (Wildman–Crippen MR) is 325 cm³/mol. The molecule has 11 amide bonds. The number of nitrogens with one attached hydrogen (secondary N) is 5. The van der Waals surface area contributed by atoms with Crippen molar-refractivity contribution in [2.45, 2.75) is 209 Å². The van der Waals surface area contributed by atoms with Gasteiger partial charge in [0.15, 0.2) is 0 Å². The van der Waals surface area contributed by atoms with Gasteiger partial charge in [0.25, 0.3) is 0 Å². The minimum absolute atomic E-state index is 0.00284. The maximum absolute atomic E-state index is 15.0. The third kappa shape index (κ3) is 21.9. The van der Waals surface area contributed by atoms with Crippen molar-refractivity contribution >= 4 is 65.0 Å². The first-order valence-corrected chi connectivity index (χ1v) is 30.2. The molecule has 24 nitrogen and oxygen atoms in total. The second-order valence-electron chi connectivity index (χ2n) is 25.4. The summed E-state index contributed by atoms with van der Waals surface area (Å²) < 4.78 is 5.42. The molecule has 1 heterocycles. The molecule has 486 valence electrons. The van der Waals surface area contributed by atoms with E-state index in [1.807, 2.05) is 41.5 Å². The molecule has 0 radical (unpaired) electrons. The van der Waals surface area contributed by atoms with Crippen LogP contribution in [-0.4, -0.2) is 229 Å². The van der Waals surface area contributed by atoms with E-state index < -0.39 is 162 Å². The highest BCUT2D eigenvalue weighted by atomic mass is 16.5. The smallest absolute Gasteiger partial charge is 0.245 e. The molecule has 0 aromatic rings. The number of likely N-dealkylation sites (N-methyl/N-ethyl adjacent to an activating group) is 6. The molecule has 0 unspecified atom stereocenters. The Labute approximate surface area is 507 Å². The maximum Gasteiger partial charge on any atom is 0.245 e. The number of carbonyl (C=O) groups is 11. The molecular weight excluding hydrogens is 1090 g/mol. The quantitative estimate of drug-likeness (QED) is 0.121. The van der Waals surface area contributed by atoms with Crippen molar-refractivity contribution in [2.24, 2.45) is 41.4 Å². The van der Waals surface area contributed by atoms with Crippen molar-refractivity contribution in [1.29, 1.82) is 0 Å². The molecule has 0 saturated carbocycles. The summed E-state index contributed by atoms with van der Waals surface area (Å²) >= 11 is 0. The van der Waals surface area contributed by atoms with E-state index in [1.165, 1.54) is 82.8 Å². The van der Waals surface area contributed by atoms with E-state index in [2.05, 4.69) is 26.6 Å². The molecule has 85 heavy (non-hydrogen) atoms. The number of nitrogens with zero attached hydrogens (tertiary/aromatic N) is 6. The molecule has 0 aromatic heterocycles. The van der Waals surface area contributed by atoms with Crippen LogP contribution in [0, 0.1) is 41.4 Å². The van der Waals surface area contributed by atoms with E-state index in [0.717, 1.165) is 9.80 Å². The fraction of sp³-hybridized carbons (Fsp3) is 0.787. The summed E-state index contributed by atoms with van der Waals surface area (Å²) in [5.74, 6) is -10.7. The van der Waals surface area contributed by atoms with Gasteiger partial charge in [-0.1, -0.05) is 102 Å². The fourth-order valence-corrected chi connectivity index (χ4v) is 10.6. The summed E-state index contributed by atoms with van der Waals surface area (Å²) in [6, 6.07) is -12.7. The third-order valence-electron chi connectivity index (χ3n) is 15.8. The number of hydrogen-bond acceptors (Lipinski definition) is 13. The Bertz CT molecular complexity index is 2310. The zero-order valence-corrected chi connectivity index (χ0v) is 55.5. The van der Waals surface area contributed by atoms with Gasteiger partial charge in [-0.05, 0) is 88.4 Å². The number of hydrogen-bond donors (Lipinski definition) is 6. The lowest BCUT2D eigenvalue weighted by Crippen LogP contribution is -2.63. The molecule has 1 aliphatic heterocycles. The molecule has 13 atom stereocenters. The van der Waals surface area contributed by atoms with Gasteiger partial charge in [0.1, 0.15) is 60.4 Å². The summed E-state index contributed by atoms with van der Waals surface area (Å²) in [5.41, 5.74) is 0. The van der Waals surface area contributed by atoms with Gasteiger partial charge in [0, 0.05) is 55.3 Å². The van der Waals surface area contributed by atoms with Gasteiger partial charge in [-0.2, -0.15) is 0 Å². The Morgan fingerprint density at radius 2 is 0.976 bits per heavy atom. The zero-order chi connectivity index (χ0) is 65.8. The summed E-state index contributed by atoms with van der Waals surface area (Å²) in [4.78, 5) is 167. The van der Waals surface area contributed by atoms with E-state index in [1.54, 1.807) is 67.5 Å². The van der Waals surface area contributed by atoms with E-state index >= 15 is 4.79 Å². The number of rotatable bonds is 16. The van der Waals surface area contributed by atoms with Crippen molar-refractivity contribution in [1.82, 2.24) is 56.0 Å². The number of aliphatic hydroxyl groups excluding tert-OH is 1. The number of carbonyl (C=O) groups excluding carboxylic acids is 11. The van der Waals surface area contributed by atoms with Gasteiger partial charge in [-0.15, -0.1) is 0 Å². The minimum atomic E-state index is -1.67. The minimum Gasteiger partial charge on any atom is -0.390 e. The predicted octanol–water partition coefficient (Wildman–Crippen LogP) is 2.16. The fourth-order valence-electron chi connectivity index (χ4n) is 10.6. The van der Waals surface area contributed by atoms with Crippen LogP contribution in [0.25, 0.3) is 0 Å². The van der Waals surface area contributed by atoms with Gasteiger partial charge < -0.3 is 65.8 Å². The lowest BCUT2D eigenvalue weighted by atomic mass is 9.92. The molecule has 24 heteroatoms. The van der Waals surface area contributed by atoms with Crippen LogP contribution in [0.15, 0.2) is 12.2 Å². The van der Waals surface area contributed by atoms with Crippen molar-refractivity contribution in [3.05, 3.63) is 12.2 Å². The maximum atomic E-state index is 15.0. The van der Waals surface area contributed by atoms with Crippen molar-refractivity contribution < 1.29 is 62.6 Å². The largest absolute Gasteiger partial charge is 0.390 e. The van der Waals surface area contributed by atoms with Gasteiger partial charge in [0.2, 0.25) is 65.0 Å². The summed E-state index contributed by atoms with van der Waals surface area (Å²) in [7, 11) is 9.87. The molecular formula is C61H109N11O13. The van der Waals surface area contributed by atoms with Crippen molar-refractivity contribution in [3.8, 4) is 0 Å². The van der Waals surface area contributed by atoms with Crippen LogP contribution in [0.5, 0.6) is 0 Å². The third-order valence-corrected chi connectivity index (χ3v) is 15.8. The standard InChI is InChI=1S/C61H109N11O13/c1-24-26-27-38(13)51(74)48-54(77)64-42(25-2)58(81)67(17)31-46(73)71(21)50(39(14)32-85-23)56(79)65-47(36(9)10)61(84)68(18)43(28-33(3)4)53(76)62-40(15)52(75)63-41(16)57(80)69(19)44(29-34(5)6)59(82)70(20)45(30-35(7)8)60(83)72(22)49(37(11)12)55(78)66-48/h24,26,33-45,47-51,74H,25,27-32H2,1-23H3,(H,62,76)(H,63,75)(H,64,77)(H,65,79)(H,66,78)/b26-24+/t38-,39-,40+,41-,42+,43+,44+,45+,47+,48+,49+,50+,51-/m1/s1.